The summed E-state index contributed by atoms with van der Waals surface area (Å²) in [6, 6.07) is 3.94. The minimum atomic E-state index is -4.44. The fraction of sp³-hybridized carbons (Fsp3) is 0.615. The van der Waals surface area contributed by atoms with Gasteiger partial charge >= 0.3 is 12.8 Å². The third kappa shape index (κ3) is 6.63. The van der Waals surface area contributed by atoms with Gasteiger partial charge in [-0.1, -0.05) is 19.9 Å². The Bertz CT molecular complexity index is 1140. The quantitative estimate of drug-likeness (QED) is 0.390. The second-order valence-electron chi connectivity index (χ2n) is 10.2. The van der Waals surface area contributed by atoms with Crippen LogP contribution in [0.4, 0.5) is 22.0 Å². The average molecular weight is 548 g/mol. The first-order valence-electron chi connectivity index (χ1n) is 12.6. The summed E-state index contributed by atoms with van der Waals surface area (Å²) in [6.07, 6.45) is -4.44. The first kappa shape index (κ1) is 29.8. The number of aryl methyl sites for hydroxylation is 1. The summed E-state index contributed by atoms with van der Waals surface area (Å²) in [7, 11) is 0. The lowest BCUT2D eigenvalue weighted by Crippen LogP contribution is -2.54. The highest BCUT2D eigenvalue weighted by Crippen LogP contribution is 2.37. The molecule has 0 spiro atoms. The Hall–Kier alpha value is -2.73. The molecule has 3 N–H and O–H groups in total. The van der Waals surface area contributed by atoms with E-state index in [4.69, 9.17) is 0 Å². The van der Waals surface area contributed by atoms with E-state index in [0.717, 1.165) is 13.0 Å². The molecule has 0 aliphatic heterocycles. The van der Waals surface area contributed by atoms with Gasteiger partial charge in [-0.2, -0.15) is 27.1 Å². The van der Waals surface area contributed by atoms with Crippen LogP contribution in [0.25, 0.3) is 11.3 Å². The summed E-state index contributed by atoms with van der Waals surface area (Å²) in [5.74, 6) is -2.39. The molecule has 7 nitrogen and oxygen atoms in total. The minimum Gasteiger partial charge on any atom is -0.434 e. The average Bonchev–Trinajstić information content (AvgIpc) is 3.15. The van der Waals surface area contributed by atoms with E-state index in [9.17, 15) is 37.0 Å². The molecule has 1 saturated carbocycles. The summed E-state index contributed by atoms with van der Waals surface area (Å²) in [6.45, 7) is 3.11. The number of alkyl halides is 5. The molecule has 3 rings (SSSR count). The number of halogens is 5. The third-order valence-electron chi connectivity index (χ3n) is 7.19. The summed E-state index contributed by atoms with van der Waals surface area (Å²) in [5, 5.41) is 28.1. The Morgan fingerprint density at radius 1 is 1.34 bits per heavy atom. The Kier molecular flexibility index (Phi) is 9.08. The zero-order valence-electron chi connectivity index (χ0n) is 21.8. The Morgan fingerprint density at radius 2 is 2.03 bits per heavy atom. The minimum absolute atomic E-state index is 0.0121. The summed E-state index contributed by atoms with van der Waals surface area (Å²) in [5.41, 5.74) is -0.537. The highest BCUT2D eigenvalue weighted by Gasteiger charge is 2.40. The van der Waals surface area contributed by atoms with E-state index in [1.54, 1.807) is 13.8 Å². The lowest BCUT2D eigenvalue weighted by Gasteiger charge is -2.39. The van der Waals surface area contributed by atoms with Crippen molar-refractivity contribution in [2.24, 2.45) is 11.8 Å². The lowest BCUT2D eigenvalue weighted by atomic mass is 9.77. The SMILES string of the molecule is CCn1nc(C(=O)NC[C@@]2(O)CC[C@H](C)C[C@@H]2O)c(C)c1-c1ccc(C[C@H](C)C(F)(F)F)cc1OC(F)F. The number of carbonyl (C=O) groups is 1. The molecule has 2 aromatic rings. The number of aliphatic hydroxyl groups excluding tert-OH is 1. The van der Waals surface area contributed by atoms with Gasteiger partial charge in [-0.05, 0) is 63.1 Å². The molecule has 1 fully saturated rings. The van der Waals surface area contributed by atoms with Crippen LogP contribution < -0.4 is 10.1 Å². The molecule has 0 radical (unpaired) electrons. The molecule has 1 aliphatic carbocycles. The van der Waals surface area contributed by atoms with Crippen LogP contribution in [0, 0.1) is 18.8 Å². The number of hydrogen-bond acceptors (Lipinski definition) is 5. The summed E-state index contributed by atoms with van der Waals surface area (Å²) >= 11 is 0. The molecule has 38 heavy (non-hydrogen) atoms. The van der Waals surface area contributed by atoms with Crippen molar-refractivity contribution in [3.05, 3.63) is 35.0 Å². The van der Waals surface area contributed by atoms with E-state index in [1.165, 1.54) is 16.8 Å². The number of amides is 1. The van der Waals surface area contributed by atoms with Gasteiger partial charge in [-0.25, -0.2) is 0 Å². The van der Waals surface area contributed by atoms with Gasteiger partial charge in [-0.15, -0.1) is 0 Å². The fourth-order valence-corrected chi connectivity index (χ4v) is 4.79. The number of nitrogens with one attached hydrogen (secondary N) is 1. The first-order valence-corrected chi connectivity index (χ1v) is 12.6. The van der Waals surface area contributed by atoms with Crippen LogP contribution in [-0.2, 0) is 13.0 Å². The standard InChI is InChI=1S/C26H34F5N3O4/c1-5-34-22(18-7-6-17(11-15(3)26(29,30)31)12-19(18)38-24(27)28)16(4)21(33-34)23(36)32-13-25(37)9-8-14(2)10-20(25)35/h6-7,12,14-15,20,24,35,37H,5,8-11,13H2,1-4H3,(H,32,36)/t14-,15-,20-,25-/m0/s1. The predicted molar refractivity (Wildman–Crippen MR) is 130 cm³/mol. The monoisotopic (exact) mass is 547 g/mol. The highest BCUT2D eigenvalue weighted by atomic mass is 19.4. The number of carbonyl (C=O) groups excluding carboxylic acids is 1. The van der Waals surface area contributed by atoms with Crippen LogP contribution in [0.2, 0.25) is 0 Å². The molecule has 1 amide bonds. The van der Waals surface area contributed by atoms with Crippen molar-refractivity contribution in [1.82, 2.24) is 15.1 Å². The smallest absolute Gasteiger partial charge is 0.391 e. The van der Waals surface area contributed by atoms with E-state index in [2.05, 4.69) is 15.2 Å². The van der Waals surface area contributed by atoms with Gasteiger partial charge in [0.2, 0.25) is 0 Å². The number of ether oxygens (including phenoxy) is 1. The van der Waals surface area contributed by atoms with Crippen molar-refractivity contribution in [2.75, 3.05) is 6.54 Å². The van der Waals surface area contributed by atoms with Crippen molar-refractivity contribution in [3.8, 4) is 17.0 Å². The van der Waals surface area contributed by atoms with Crippen LogP contribution in [0.1, 0.15) is 61.6 Å². The van der Waals surface area contributed by atoms with Crippen LogP contribution in [0.3, 0.4) is 0 Å². The van der Waals surface area contributed by atoms with Gasteiger partial charge in [0.15, 0.2) is 5.69 Å². The molecular formula is C26H34F5N3O4. The predicted octanol–water partition coefficient (Wildman–Crippen LogP) is 4.86. The van der Waals surface area contributed by atoms with Crippen molar-refractivity contribution in [1.29, 1.82) is 0 Å². The molecule has 0 bridgehead atoms. The van der Waals surface area contributed by atoms with E-state index in [0.29, 0.717) is 30.5 Å². The first-order chi connectivity index (χ1) is 17.7. The number of aromatic nitrogens is 2. The second kappa shape index (κ2) is 11.6. The van der Waals surface area contributed by atoms with Gasteiger partial charge in [0.1, 0.15) is 11.4 Å². The summed E-state index contributed by atoms with van der Waals surface area (Å²) in [4.78, 5) is 13.0. The van der Waals surface area contributed by atoms with Crippen LogP contribution in [0.5, 0.6) is 5.75 Å². The van der Waals surface area contributed by atoms with Crippen LogP contribution in [-0.4, -0.2) is 56.9 Å². The maximum atomic E-state index is 13.3. The fourth-order valence-electron chi connectivity index (χ4n) is 4.79. The Balaban J connectivity index is 1.92. The molecular weight excluding hydrogens is 513 g/mol. The van der Waals surface area contributed by atoms with Gasteiger partial charge in [-0.3, -0.25) is 9.48 Å². The molecule has 0 saturated heterocycles. The topological polar surface area (TPSA) is 96.6 Å². The zero-order valence-corrected chi connectivity index (χ0v) is 21.8. The second-order valence-corrected chi connectivity index (χ2v) is 10.2. The van der Waals surface area contributed by atoms with E-state index in [1.807, 2.05) is 6.92 Å². The molecule has 1 aromatic carbocycles. The van der Waals surface area contributed by atoms with Gasteiger partial charge < -0.3 is 20.3 Å². The van der Waals surface area contributed by atoms with Crippen LogP contribution in [0.15, 0.2) is 18.2 Å². The molecule has 1 heterocycles. The molecule has 212 valence electrons. The van der Waals surface area contributed by atoms with Gasteiger partial charge in [0.05, 0.1) is 17.7 Å². The maximum absolute atomic E-state index is 13.3. The third-order valence-corrected chi connectivity index (χ3v) is 7.19. The molecule has 12 heteroatoms. The van der Waals surface area contributed by atoms with E-state index >= 15 is 0 Å². The zero-order chi connectivity index (χ0) is 28.4. The Labute approximate surface area is 218 Å². The molecule has 1 aliphatic rings. The van der Waals surface area contributed by atoms with Crippen molar-refractivity contribution in [2.45, 2.75) is 84.4 Å². The summed E-state index contributed by atoms with van der Waals surface area (Å²) < 4.78 is 71.7. The highest BCUT2D eigenvalue weighted by molar-refractivity contribution is 5.95. The van der Waals surface area contributed by atoms with Crippen molar-refractivity contribution >= 4 is 5.91 Å². The van der Waals surface area contributed by atoms with E-state index < -0.39 is 42.7 Å². The van der Waals surface area contributed by atoms with Gasteiger partial charge in [0.25, 0.3) is 5.91 Å². The molecule has 4 atom stereocenters. The number of nitrogens with zero attached hydrogens (tertiary/aromatic N) is 2. The number of benzene rings is 1. The largest absolute Gasteiger partial charge is 0.434 e. The number of rotatable bonds is 9. The van der Waals surface area contributed by atoms with Crippen LogP contribution >= 0.6 is 0 Å². The number of hydrogen-bond donors (Lipinski definition) is 3. The molecule has 0 unspecified atom stereocenters. The maximum Gasteiger partial charge on any atom is 0.391 e. The normalized spacial score (nSPS) is 22.9. The number of aliphatic hydroxyl groups is 2. The van der Waals surface area contributed by atoms with Crippen molar-refractivity contribution in [3.63, 3.8) is 0 Å². The van der Waals surface area contributed by atoms with E-state index in [-0.39, 0.29) is 41.6 Å². The lowest BCUT2D eigenvalue weighted by molar-refractivity contribution is -0.169. The van der Waals surface area contributed by atoms with Gasteiger partial charge in [0, 0.05) is 24.2 Å². The molecule has 1 aromatic heterocycles. The Morgan fingerprint density at radius 3 is 2.61 bits per heavy atom. The van der Waals surface area contributed by atoms with Crippen molar-refractivity contribution < 1.29 is 41.7 Å².